The second-order valence-electron chi connectivity index (χ2n) is 8.66. The molecule has 172 valence electrons. The second kappa shape index (κ2) is 9.43. The van der Waals surface area contributed by atoms with Crippen LogP contribution in [0.2, 0.25) is 0 Å². The number of rotatable bonds is 5. The summed E-state index contributed by atoms with van der Waals surface area (Å²) >= 11 is 0. The molecular formula is C32H24N4. The topological polar surface area (TPSA) is 41.9 Å². The summed E-state index contributed by atoms with van der Waals surface area (Å²) in [5.41, 5.74) is 7.77. The third kappa shape index (κ3) is 4.21. The van der Waals surface area contributed by atoms with E-state index in [9.17, 15) is 0 Å². The molecule has 0 N–H and O–H groups in total. The first-order chi connectivity index (χ1) is 17.8. The number of anilines is 2. The molecular weight excluding hydrogens is 440 g/mol. The minimum absolute atomic E-state index is 0.821. The molecule has 0 radical (unpaired) electrons. The Morgan fingerprint density at radius 2 is 1.17 bits per heavy atom. The summed E-state index contributed by atoms with van der Waals surface area (Å²) in [5.74, 6) is 0. The molecule has 0 saturated heterocycles. The van der Waals surface area contributed by atoms with Gasteiger partial charge in [-0.1, -0.05) is 60.7 Å². The molecule has 0 bridgehead atoms. The average molecular weight is 465 g/mol. The minimum Gasteiger partial charge on any atom is -0.344 e. The van der Waals surface area contributed by atoms with E-state index in [1.54, 1.807) is 12.4 Å². The predicted molar refractivity (Wildman–Crippen MR) is 148 cm³/mol. The molecule has 0 fully saturated rings. The highest BCUT2D eigenvalue weighted by Gasteiger charge is 2.13. The van der Waals surface area contributed by atoms with Crippen LogP contribution in [0.5, 0.6) is 0 Å². The number of pyridine rings is 3. The quantitative estimate of drug-likeness (QED) is 0.261. The molecule has 4 nitrogen and oxygen atoms in total. The summed E-state index contributed by atoms with van der Waals surface area (Å²) in [6.45, 7) is 0. The zero-order chi connectivity index (χ0) is 24.3. The molecule has 0 saturated carbocycles. The molecule has 36 heavy (non-hydrogen) atoms. The fourth-order valence-electron chi connectivity index (χ4n) is 4.52. The van der Waals surface area contributed by atoms with Crippen LogP contribution >= 0.6 is 0 Å². The molecule has 6 aromatic rings. The van der Waals surface area contributed by atoms with Gasteiger partial charge in [-0.15, -0.1) is 0 Å². The molecule has 0 aliphatic carbocycles. The van der Waals surface area contributed by atoms with Gasteiger partial charge < -0.3 is 4.90 Å². The molecule has 3 aromatic heterocycles. The van der Waals surface area contributed by atoms with Crippen LogP contribution < -0.4 is 4.90 Å². The van der Waals surface area contributed by atoms with E-state index in [1.165, 1.54) is 16.5 Å². The fraction of sp³-hybridized carbons (Fsp3) is 0.0312. The average Bonchev–Trinajstić information content (AvgIpc) is 2.97. The number of nitrogens with zero attached hydrogens (tertiary/aromatic N) is 4. The monoisotopic (exact) mass is 464 g/mol. The van der Waals surface area contributed by atoms with E-state index in [1.807, 2.05) is 36.4 Å². The highest BCUT2D eigenvalue weighted by atomic mass is 15.1. The Labute approximate surface area is 210 Å². The normalized spacial score (nSPS) is 10.9. The van der Waals surface area contributed by atoms with E-state index in [2.05, 4.69) is 101 Å². The Morgan fingerprint density at radius 1 is 0.528 bits per heavy atom. The van der Waals surface area contributed by atoms with E-state index >= 15 is 0 Å². The summed E-state index contributed by atoms with van der Waals surface area (Å²) in [6.07, 6.45) is 3.59. The third-order valence-electron chi connectivity index (χ3n) is 6.37. The van der Waals surface area contributed by atoms with Crippen LogP contribution in [0, 0.1) is 0 Å². The van der Waals surface area contributed by atoms with E-state index < -0.39 is 0 Å². The molecule has 3 heterocycles. The van der Waals surface area contributed by atoms with Gasteiger partial charge in [-0.05, 0) is 71.1 Å². The van der Waals surface area contributed by atoms with Crippen LogP contribution in [-0.2, 0) is 0 Å². The van der Waals surface area contributed by atoms with Gasteiger partial charge in [0.1, 0.15) is 0 Å². The van der Waals surface area contributed by atoms with Gasteiger partial charge in [0.05, 0.1) is 22.8 Å². The maximum Gasteiger partial charge on any atom is 0.0900 e. The number of hydrogen-bond donors (Lipinski definition) is 0. The molecule has 0 amide bonds. The van der Waals surface area contributed by atoms with E-state index in [4.69, 9.17) is 4.98 Å². The molecule has 3 aromatic carbocycles. The highest BCUT2D eigenvalue weighted by molar-refractivity contribution is 5.96. The van der Waals surface area contributed by atoms with Gasteiger partial charge in [-0.2, -0.15) is 0 Å². The van der Waals surface area contributed by atoms with Crippen LogP contribution in [0.4, 0.5) is 11.4 Å². The van der Waals surface area contributed by atoms with Gasteiger partial charge in [0.25, 0.3) is 0 Å². The Bertz CT molecular complexity index is 1580. The van der Waals surface area contributed by atoms with Crippen molar-refractivity contribution < 1.29 is 0 Å². The Hall–Kier alpha value is -4.83. The van der Waals surface area contributed by atoms with Gasteiger partial charge in [-0.3, -0.25) is 9.97 Å². The zero-order valence-corrected chi connectivity index (χ0v) is 19.9. The molecule has 4 heteroatoms. The van der Waals surface area contributed by atoms with Crippen molar-refractivity contribution in [2.75, 3.05) is 11.9 Å². The summed E-state index contributed by atoms with van der Waals surface area (Å²) in [4.78, 5) is 16.2. The van der Waals surface area contributed by atoms with Crippen molar-refractivity contribution in [3.63, 3.8) is 0 Å². The maximum atomic E-state index is 4.90. The summed E-state index contributed by atoms with van der Waals surface area (Å²) in [5, 5.41) is 2.46. The molecule has 0 atom stereocenters. The lowest BCUT2D eigenvalue weighted by atomic mass is 10.0. The van der Waals surface area contributed by atoms with Crippen molar-refractivity contribution in [1.82, 2.24) is 15.0 Å². The number of hydrogen-bond acceptors (Lipinski definition) is 4. The van der Waals surface area contributed by atoms with Gasteiger partial charge in [0.2, 0.25) is 0 Å². The van der Waals surface area contributed by atoms with Crippen molar-refractivity contribution in [1.29, 1.82) is 0 Å². The summed E-state index contributed by atoms with van der Waals surface area (Å²) in [6, 6.07) is 39.5. The lowest BCUT2D eigenvalue weighted by Gasteiger charge is -2.22. The van der Waals surface area contributed by atoms with Crippen molar-refractivity contribution in [2.45, 2.75) is 0 Å². The van der Waals surface area contributed by atoms with Crippen LogP contribution in [0.25, 0.3) is 44.7 Å². The number of fused-ring (bicyclic) bond motifs is 1. The van der Waals surface area contributed by atoms with Crippen LogP contribution in [0.1, 0.15) is 0 Å². The first kappa shape index (κ1) is 21.7. The number of benzene rings is 3. The van der Waals surface area contributed by atoms with Crippen molar-refractivity contribution in [3.8, 4) is 33.9 Å². The van der Waals surface area contributed by atoms with Gasteiger partial charge >= 0.3 is 0 Å². The standard InChI is InChI=1S/C32H24N4/c1-36(32-17-9-11-23-10-2-3-14-27(23)32)26-13-8-12-24(20-26)25-21-30(28-15-4-6-18-33-28)35-31(22-25)29-16-5-7-19-34-29/h2-22H,1H3. The van der Waals surface area contributed by atoms with Crippen LogP contribution in [0.3, 0.4) is 0 Å². The highest BCUT2D eigenvalue weighted by Crippen LogP contribution is 2.34. The largest absolute Gasteiger partial charge is 0.344 e. The molecule has 0 spiro atoms. The van der Waals surface area contributed by atoms with E-state index in [0.29, 0.717) is 0 Å². The van der Waals surface area contributed by atoms with Gasteiger partial charge in [-0.25, -0.2) is 4.98 Å². The smallest absolute Gasteiger partial charge is 0.0900 e. The Morgan fingerprint density at radius 3 is 1.86 bits per heavy atom. The number of aromatic nitrogens is 3. The SMILES string of the molecule is CN(c1cccc(-c2cc(-c3ccccn3)nc(-c3ccccn3)c2)c1)c1cccc2ccccc12. The minimum atomic E-state index is 0.821. The van der Waals surface area contributed by atoms with Gasteiger partial charge in [0, 0.05) is 36.2 Å². The molecule has 0 aliphatic rings. The molecule has 6 rings (SSSR count). The van der Waals surface area contributed by atoms with Crippen LogP contribution in [-0.4, -0.2) is 22.0 Å². The second-order valence-corrected chi connectivity index (χ2v) is 8.66. The lowest BCUT2D eigenvalue weighted by molar-refractivity contribution is 1.21. The van der Waals surface area contributed by atoms with Crippen molar-refractivity contribution in [3.05, 3.63) is 128 Å². The lowest BCUT2D eigenvalue weighted by Crippen LogP contribution is -2.09. The molecule has 0 aliphatic heterocycles. The van der Waals surface area contributed by atoms with Crippen LogP contribution in [0.15, 0.2) is 128 Å². The van der Waals surface area contributed by atoms with Gasteiger partial charge in [0.15, 0.2) is 0 Å². The van der Waals surface area contributed by atoms with Crippen molar-refractivity contribution >= 4 is 22.1 Å². The molecule has 0 unspecified atom stereocenters. The zero-order valence-electron chi connectivity index (χ0n) is 19.9. The van der Waals surface area contributed by atoms with E-state index in [0.717, 1.165) is 39.6 Å². The summed E-state index contributed by atoms with van der Waals surface area (Å²) in [7, 11) is 2.12. The predicted octanol–water partition coefficient (Wildman–Crippen LogP) is 7.79. The van der Waals surface area contributed by atoms with E-state index in [-0.39, 0.29) is 0 Å². The Kier molecular flexibility index (Phi) is 5.68. The Balaban J connectivity index is 1.46. The third-order valence-corrected chi connectivity index (χ3v) is 6.37. The first-order valence-corrected chi connectivity index (χ1v) is 11.9. The first-order valence-electron chi connectivity index (χ1n) is 11.9. The fourth-order valence-corrected chi connectivity index (χ4v) is 4.52. The summed E-state index contributed by atoms with van der Waals surface area (Å²) < 4.78 is 0. The maximum absolute atomic E-state index is 4.90. The van der Waals surface area contributed by atoms with Crippen molar-refractivity contribution in [2.24, 2.45) is 0 Å².